The third-order valence-electron chi connectivity index (χ3n) is 2.89. The fourth-order valence-electron chi connectivity index (χ4n) is 1.66. The van der Waals surface area contributed by atoms with E-state index in [0.717, 1.165) is 45.1 Å². The molecule has 0 aromatic heterocycles. The molecule has 2 N–H and O–H groups in total. The summed E-state index contributed by atoms with van der Waals surface area (Å²) in [6.07, 6.45) is 6.05. The van der Waals surface area contributed by atoms with Crippen molar-refractivity contribution in [1.82, 2.24) is 5.32 Å². The van der Waals surface area contributed by atoms with E-state index in [9.17, 15) is 4.79 Å². The fourth-order valence-corrected chi connectivity index (χ4v) is 1.66. The maximum Gasteiger partial charge on any atom is 0.309 e. The van der Waals surface area contributed by atoms with Crippen LogP contribution in [0, 0.1) is 5.41 Å². The number of hydrogen-bond donors (Lipinski definition) is 2. The molecule has 0 aromatic carbocycles. The summed E-state index contributed by atoms with van der Waals surface area (Å²) in [6.45, 7) is 1.04. The monoisotopic (exact) mass is 185 g/mol. The molecule has 0 unspecified atom stereocenters. The highest BCUT2D eigenvalue weighted by atomic mass is 16.4. The molecular weight excluding hydrogens is 166 g/mol. The first-order chi connectivity index (χ1) is 6.21. The number of aliphatic carboxylic acids is 1. The van der Waals surface area contributed by atoms with Gasteiger partial charge in [0.2, 0.25) is 0 Å². The molecule has 1 fully saturated rings. The van der Waals surface area contributed by atoms with Crippen LogP contribution in [0.2, 0.25) is 0 Å². The first-order valence-electron chi connectivity index (χ1n) is 5.09. The number of nitrogens with one attached hydrogen (secondary N) is 1. The van der Waals surface area contributed by atoms with E-state index in [4.69, 9.17) is 5.11 Å². The predicted molar refractivity (Wildman–Crippen MR) is 51.7 cm³/mol. The molecule has 0 atom stereocenters. The summed E-state index contributed by atoms with van der Waals surface area (Å²) in [5.74, 6) is -0.582. The summed E-state index contributed by atoms with van der Waals surface area (Å²) in [7, 11) is 1.94. The zero-order chi connectivity index (χ0) is 9.73. The van der Waals surface area contributed by atoms with Crippen LogP contribution in [0.1, 0.15) is 38.5 Å². The first-order valence-corrected chi connectivity index (χ1v) is 5.09. The Labute approximate surface area is 79.5 Å². The number of rotatable bonds is 7. The smallest absolute Gasteiger partial charge is 0.309 e. The fraction of sp³-hybridized carbons (Fsp3) is 0.900. The molecule has 76 valence electrons. The number of carboxylic acids is 1. The van der Waals surface area contributed by atoms with E-state index in [1.54, 1.807) is 0 Å². The Kier molecular flexibility index (Phi) is 3.72. The predicted octanol–water partition coefficient (Wildman–Crippen LogP) is 1.63. The van der Waals surface area contributed by atoms with E-state index >= 15 is 0 Å². The lowest BCUT2D eigenvalue weighted by molar-refractivity contribution is -0.143. The molecule has 0 aromatic rings. The van der Waals surface area contributed by atoms with Gasteiger partial charge in [0.15, 0.2) is 0 Å². The van der Waals surface area contributed by atoms with Crippen LogP contribution in [0.4, 0.5) is 0 Å². The second-order valence-corrected chi connectivity index (χ2v) is 4.00. The average Bonchev–Trinajstić information content (AvgIpc) is 2.85. The number of unbranched alkanes of at least 4 members (excludes halogenated alkanes) is 2. The molecule has 1 rings (SSSR count). The van der Waals surface area contributed by atoms with Crippen LogP contribution >= 0.6 is 0 Å². The minimum Gasteiger partial charge on any atom is -0.481 e. The molecule has 0 amide bonds. The van der Waals surface area contributed by atoms with Gasteiger partial charge in [-0.05, 0) is 39.3 Å². The summed E-state index contributed by atoms with van der Waals surface area (Å²) in [5.41, 5.74) is -0.306. The van der Waals surface area contributed by atoms with Crippen molar-refractivity contribution < 1.29 is 9.90 Å². The van der Waals surface area contributed by atoms with Crippen molar-refractivity contribution in [2.24, 2.45) is 5.41 Å². The first kappa shape index (κ1) is 10.5. The van der Waals surface area contributed by atoms with Gasteiger partial charge in [0.05, 0.1) is 5.41 Å². The molecular formula is C10H19NO2. The molecule has 0 heterocycles. The molecule has 1 aliphatic rings. The highest BCUT2D eigenvalue weighted by molar-refractivity contribution is 5.77. The van der Waals surface area contributed by atoms with Crippen molar-refractivity contribution in [3.05, 3.63) is 0 Å². The zero-order valence-corrected chi connectivity index (χ0v) is 8.31. The summed E-state index contributed by atoms with van der Waals surface area (Å²) in [6, 6.07) is 0. The lowest BCUT2D eigenvalue weighted by Crippen LogP contribution is -2.14. The average molecular weight is 185 g/mol. The Morgan fingerprint density at radius 1 is 1.38 bits per heavy atom. The minimum atomic E-state index is -0.582. The van der Waals surface area contributed by atoms with Gasteiger partial charge in [0, 0.05) is 0 Å². The maximum absolute atomic E-state index is 10.8. The molecule has 0 saturated heterocycles. The zero-order valence-electron chi connectivity index (χ0n) is 8.31. The van der Waals surface area contributed by atoms with Crippen molar-refractivity contribution in [3.8, 4) is 0 Å². The molecule has 3 heteroatoms. The SMILES string of the molecule is CNCCCCCC1(C(=O)O)CC1. The van der Waals surface area contributed by atoms with Crippen LogP contribution < -0.4 is 5.32 Å². The lowest BCUT2D eigenvalue weighted by Gasteiger charge is -2.08. The summed E-state index contributed by atoms with van der Waals surface area (Å²) < 4.78 is 0. The molecule has 0 aliphatic heterocycles. The van der Waals surface area contributed by atoms with E-state index < -0.39 is 5.97 Å². The van der Waals surface area contributed by atoms with Gasteiger partial charge >= 0.3 is 5.97 Å². The van der Waals surface area contributed by atoms with Crippen molar-refractivity contribution >= 4 is 5.97 Å². The molecule has 13 heavy (non-hydrogen) atoms. The summed E-state index contributed by atoms with van der Waals surface area (Å²) >= 11 is 0. The summed E-state index contributed by atoms with van der Waals surface area (Å²) in [5, 5.41) is 12.0. The molecule has 3 nitrogen and oxygen atoms in total. The van der Waals surface area contributed by atoms with Crippen molar-refractivity contribution in [2.45, 2.75) is 38.5 Å². The van der Waals surface area contributed by atoms with Crippen LogP contribution in [-0.2, 0) is 4.79 Å². The molecule has 0 bridgehead atoms. The van der Waals surface area contributed by atoms with E-state index in [1.165, 1.54) is 0 Å². The summed E-state index contributed by atoms with van der Waals surface area (Å²) in [4.78, 5) is 10.8. The van der Waals surface area contributed by atoms with E-state index in [0.29, 0.717) is 0 Å². The van der Waals surface area contributed by atoms with Crippen LogP contribution in [0.3, 0.4) is 0 Å². The second kappa shape index (κ2) is 4.61. The normalized spacial score (nSPS) is 18.5. The third kappa shape index (κ3) is 2.99. The lowest BCUT2D eigenvalue weighted by atomic mass is 9.99. The van der Waals surface area contributed by atoms with Crippen molar-refractivity contribution in [1.29, 1.82) is 0 Å². The Morgan fingerprint density at radius 3 is 2.54 bits per heavy atom. The topological polar surface area (TPSA) is 49.3 Å². The van der Waals surface area contributed by atoms with Crippen molar-refractivity contribution in [2.75, 3.05) is 13.6 Å². The van der Waals surface area contributed by atoms with Gasteiger partial charge in [-0.1, -0.05) is 12.8 Å². The van der Waals surface area contributed by atoms with Gasteiger partial charge < -0.3 is 10.4 Å². The molecule has 1 aliphatic carbocycles. The molecule has 0 radical (unpaired) electrons. The van der Waals surface area contributed by atoms with Crippen molar-refractivity contribution in [3.63, 3.8) is 0 Å². The van der Waals surface area contributed by atoms with Gasteiger partial charge in [0.25, 0.3) is 0 Å². The van der Waals surface area contributed by atoms with E-state index in [-0.39, 0.29) is 5.41 Å². The highest BCUT2D eigenvalue weighted by Gasteiger charge is 2.49. The number of carbonyl (C=O) groups is 1. The van der Waals surface area contributed by atoms with Gasteiger partial charge in [-0.25, -0.2) is 0 Å². The van der Waals surface area contributed by atoms with Crippen LogP contribution in [0.25, 0.3) is 0 Å². The number of hydrogen-bond acceptors (Lipinski definition) is 2. The minimum absolute atomic E-state index is 0.306. The Hall–Kier alpha value is -0.570. The quantitative estimate of drug-likeness (QED) is 0.593. The van der Waals surface area contributed by atoms with Crippen LogP contribution in [0.5, 0.6) is 0 Å². The Balaban J connectivity index is 2.03. The Morgan fingerprint density at radius 2 is 2.08 bits per heavy atom. The molecule has 0 spiro atoms. The van der Waals surface area contributed by atoms with Gasteiger partial charge in [-0.15, -0.1) is 0 Å². The maximum atomic E-state index is 10.8. The van der Waals surface area contributed by atoms with Gasteiger partial charge in [-0.3, -0.25) is 4.79 Å². The van der Waals surface area contributed by atoms with Gasteiger partial charge in [-0.2, -0.15) is 0 Å². The third-order valence-corrected chi connectivity index (χ3v) is 2.89. The van der Waals surface area contributed by atoms with E-state index in [1.807, 2.05) is 7.05 Å². The van der Waals surface area contributed by atoms with Crippen LogP contribution in [-0.4, -0.2) is 24.7 Å². The number of carboxylic acid groups (broad SMARTS) is 1. The second-order valence-electron chi connectivity index (χ2n) is 4.00. The highest BCUT2D eigenvalue weighted by Crippen LogP contribution is 2.50. The molecule has 1 saturated carbocycles. The standard InChI is InChI=1S/C10H19NO2/c1-11-8-4-2-3-5-10(6-7-10)9(12)13/h11H,2-8H2,1H3,(H,12,13). The Bertz CT molecular complexity index is 176. The van der Waals surface area contributed by atoms with Gasteiger partial charge in [0.1, 0.15) is 0 Å². The largest absolute Gasteiger partial charge is 0.481 e. The van der Waals surface area contributed by atoms with E-state index in [2.05, 4.69) is 5.32 Å². The van der Waals surface area contributed by atoms with Crippen LogP contribution in [0.15, 0.2) is 0 Å².